The third kappa shape index (κ3) is 3.14. The zero-order valence-electron chi connectivity index (χ0n) is 11.4. The van der Waals surface area contributed by atoms with Crippen molar-refractivity contribution in [1.29, 1.82) is 0 Å². The SMILES string of the molecule is COC(=O)c1sccc1NC(=O)c1ccc(OC)cc1O. The number of benzene rings is 1. The van der Waals surface area contributed by atoms with Crippen LogP contribution in [0.15, 0.2) is 29.6 Å². The van der Waals surface area contributed by atoms with Crippen LogP contribution in [-0.4, -0.2) is 31.2 Å². The predicted molar refractivity (Wildman–Crippen MR) is 78.3 cm³/mol. The number of hydrogen-bond acceptors (Lipinski definition) is 6. The van der Waals surface area contributed by atoms with E-state index in [1.165, 1.54) is 26.4 Å². The van der Waals surface area contributed by atoms with Crippen molar-refractivity contribution in [1.82, 2.24) is 0 Å². The standard InChI is InChI=1S/C14H13NO5S/c1-19-8-3-4-9(11(16)7-8)13(17)15-10-5-6-21-12(10)14(18)20-2/h3-7,16H,1-2H3,(H,15,17). The van der Waals surface area contributed by atoms with E-state index in [-0.39, 0.29) is 11.3 Å². The summed E-state index contributed by atoms with van der Waals surface area (Å²) in [7, 11) is 2.73. The Morgan fingerprint density at radius 2 is 2.00 bits per heavy atom. The topological polar surface area (TPSA) is 84.9 Å². The molecule has 2 rings (SSSR count). The Bertz CT molecular complexity index is 680. The minimum atomic E-state index is -0.529. The summed E-state index contributed by atoms with van der Waals surface area (Å²) in [5, 5.41) is 14.0. The number of thiophene rings is 1. The normalized spacial score (nSPS) is 10.0. The van der Waals surface area contributed by atoms with Gasteiger partial charge in [0, 0.05) is 6.07 Å². The van der Waals surface area contributed by atoms with Crippen molar-refractivity contribution in [3.05, 3.63) is 40.1 Å². The van der Waals surface area contributed by atoms with Gasteiger partial charge in [-0.15, -0.1) is 11.3 Å². The molecule has 0 saturated heterocycles. The average Bonchev–Trinajstić information content (AvgIpc) is 2.94. The van der Waals surface area contributed by atoms with Crippen molar-refractivity contribution in [2.75, 3.05) is 19.5 Å². The summed E-state index contributed by atoms with van der Waals surface area (Å²) in [5.41, 5.74) is 0.421. The van der Waals surface area contributed by atoms with Crippen LogP contribution in [0.3, 0.4) is 0 Å². The van der Waals surface area contributed by atoms with Gasteiger partial charge in [0.1, 0.15) is 16.4 Å². The lowest BCUT2D eigenvalue weighted by Crippen LogP contribution is -2.14. The van der Waals surface area contributed by atoms with Gasteiger partial charge >= 0.3 is 5.97 Å². The first-order chi connectivity index (χ1) is 10.1. The quantitative estimate of drug-likeness (QED) is 0.848. The second kappa shape index (κ2) is 6.27. The van der Waals surface area contributed by atoms with E-state index in [4.69, 9.17) is 4.74 Å². The highest BCUT2D eigenvalue weighted by molar-refractivity contribution is 7.12. The molecule has 0 atom stereocenters. The first-order valence-electron chi connectivity index (χ1n) is 5.91. The molecule has 0 aliphatic carbocycles. The lowest BCUT2D eigenvalue weighted by atomic mass is 10.1. The highest BCUT2D eigenvalue weighted by atomic mass is 32.1. The average molecular weight is 307 g/mol. The lowest BCUT2D eigenvalue weighted by molar-refractivity contribution is 0.0607. The largest absolute Gasteiger partial charge is 0.507 e. The summed E-state index contributed by atoms with van der Waals surface area (Å²) in [6, 6.07) is 5.93. The molecule has 0 unspecified atom stereocenters. The van der Waals surface area contributed by atoms with Crippen molar-refractivity contribution in [2.24, 2.45) is 0 Å². The van der Waals surface area contributed by atoms with Crippen LogP contribution in [0.2, 0.25) is 0 Å². The Morgan fingerprint density at radius 3 is 2.62 bits per heavy atom. The molecule has 1 heterocycles. The monoisotopic (exact) mass is 307 g/mol. The third-order valence-corrected chi connectivity index (χ3v) is 3.63. The summed E-state index contributed by atoms with van der Waals surface area (Å²) >= 11 is 1.16. The first kappa shape index (κ1) is 14.9. The van der Waals surface area contributed by atoms with Crippen molar-refractivity contribution in [2.45, 2.75) is 0 Å². The van der Waals surface area contributed by atoms with E-state index < -0.39 is 11.9 Å². The summed E-state index contributed by atoms with van der Waals surface area (Å²) in [6.45, 7) is 0. The Labute approximate surface area is 124 Å². The molecule has 1 aromatic heterocycles. The molecule has 0 saturated carbocycles. The minimum absolute atomic E-state index is 0.0813. The van der Waals surface area contributed by atoms with Gasteiger partial charge in [-0.1, -0.05) is 0 Å². The van der Waals surface area contributed by atoms with Gasteiger partial charge in [-0.25, -0.2) is 4.79 Å². The number of carbonyl (C=O) groups excluding carboxylic acids is 2. The molecule has 2 aromatic rings. The molecule has 7 heteroatoms. The van der Waals surface area contributed by atoms with Crippen LogP contribution in [0.1, 0.15) is 20.0 Å². The highest BCUT2D eigenvalue weighted by Crippen LogP contribution is 2.27. The molecule has 6 nitrogen and oxygen atoms in total. The molecule has 0 bridgehead atoms. The van der Waals surface area contributed by atoms with E-state index >= 15 is 0 Å². The number of ether oxygens (including phenoxy) is 2. The van der Waals surface area contributed by atoms with Gasteiger partial charge in [0.15, 0.2) is 0 Å². The molecule has 1 amide bonds. The van der Waals surface area contributed by atoms with Gasteiger partial charge in [-0.3, -0.25) is 4.79 Å². The zero-order valence-corrected chi connectivity index (χ0v) is 12.2. The van der Waals surface area contributed by atoms with Gasteiger partial charge in [0.2, 0.25) is 0 Å². The summed E-state index contributed by atoms with van der Waals surface area (Å²) < 4.78 is 9.58. The van der Waals surface area contributed by atoms with E-state index in [1.807, 2.05) is 0 Å². The number of anilines is 1. The third-order valence-electron chi connectivity index (χ3n) is 2.73. The van der Waals surface area contributed by atoms with Gasteiger partial charge in [0.05, 0.1) is 25.5 Å². The van der Waals surface area contributed by atoms with Crippen molar-refractivity contribution in [3.8, 4) is 11.5 Å². The van der Waals surface area contributed by atoms with Crippen molar-refractivity contribution < 1.29 is 24.2 Å². The maximum absolute atomic E-state index is 12.1. The van der Waals surface area contributed by atoms with Crippen molar-refractivity contribution >= 4 is 28.9 Å². The van der Waals surface area contributed by atoms with Crippen LogP contribution >= 0.6 is 11.3 Å². The molecule has 0 fully saturated rings. The Hall–Kier alpha value is -2.54. The maximum atomic E-state index is 12.1. The fraction of sp³-hybridized carbons (Fsp3) is 0.143. The summed E-state index contributed by atoms with van der Waals surface area (Å²) in [4.78, 5) is 24.0. The Morgan fingerprint density at radius 1 is 1.24 bits per heavy atom. The van der Waals surface area contributed by atoms with Crippen LogP contribution in [0.4, 0.5) is 5.69 Å². The molecular formula is C14H13NO5S. The summed E-state index contributed by atoms with van der Waals surface area (Å²) in [6.07, 6.45) is 0. The number of nitrogens with one attached hydrogen (secondary N) is 1. The number of aromatic hydroxyl groups is 1. The van der Waals surface area contributed by atoms with Gasteiger partial charge in [0.25, 0.3) is 5.91 Å². The van der Waals surface area contributed by atoms with Gasteiger partial charge < -0.3 is 19.9 Å². The molecule has 21 heavy (non-hydrogen) atoms. The Kier molecular flexibility index (Phi) is 4.44. The first-order valence-corrected chi connectivity index (χ1v) is 6.79. The molecule has 0 aliphatic rings. The second-order valence-corrected chi connectivity index (χ2v) is 4.91. The molecule has 2 N–H and O–H groups in total. The maximum Gasteiger partial charge on any atom is 0.350 e. The van der Waals surface area contributed by atoms with E-state index in [0.29, 0.717) is 16.3 Å². The molecule has 0 aliphatic heterocycles. The van der Waals surface area contributed by atoms with Crippen molar-refractivity contribution in [3.63, 3.8) is 0 Å². The van der Waals surface area contributed by atoms with Gasteiger partial charge in [-0.05, 0) is 23.6 Å². The van der Waals surface area contributed by atoms with Gasteiger partial charge in [-0.2, -0.15) is 0 Å². The van der Waals surface area contributed by atoms with Crippen LogP contribution in [-0.2, 0) is 4.74 Å². The number of hydrogen-bond donors (Lipinski definition) is 2. The molecule has 110 valence electrons. The van der Waals surface area contributed by atoms with Crippen LogP contribution in [0.5, 0.6) is 11.5 Å². The van der Waals surface area contributed by atoms with Crippen LogP contribution in [0.25, 0.3) is 0 Å². The number of esters is 1. The molecule has 1 aromatic carbocycles. The zero-order chi connectivity index (χ0) is 15.4. The fourth-order valence-electron chi connectivity index (χ4n) is 1.68. The smallest absolute Gasteiger partial charge is 0.350 e. The Balaban J connectivity index is 2.23. The number of phenolic OH excluding ortho intramolecular Hbond substituents is 1. The fourth-order valence-corrected chi connectivity index (χ4v) is 2.44. The minimum Gasteiger partial charge on any atom is -0.507 e. The lowest BCUT2D eigenvalue weighted by Gasteiger charge is -2.08. The summed E-state index contributed by atoms with van der Waals surface area (Å²) in [5.74, 6) is -0.825. The van der Waals surface area contributed by atoms with E-state index in [0.717, 1.165) is 11.3 Å². The number of carbonyl (C=O) groups is 2. The molecule has 0 spiro atoms. The second-order valence-electron chi connectivity index (χ2n) is 3.99. The van der Waals surface area contributed by atoms with Crippen LogP contribution < -0.4 is 10.1 Å². The number of methoxy groups -OCH3 is 2. The highest BCUT2D eigenvalue weighted by Gasteiger charge is 2.18. The number of phenols is 1. The molecular weight excluding hydrogens is 294 g/mol. The number of rotatable bonds is 4. The van der Waals surface area contributed by atoms with Crippen LogP contribution in [0, 0.1) is 0 Å². The van der Waals surface area contributed by atoms with E-state index in [1.54, 1.807) is 17.5 Å². The predicted octanol–water partition coefficient (Wildman–Crippen LogP) is 2.50. The van der Waals surface area contributed by atoms with E-state index in [2.05, 4.69) is 10.1 Å². The van der Waals surface area contributed by atoms with E-state index in [9.17, 15) is 14.7 Å². The molecule has 0 radical (unpaired) electrons. The number of amides is 1.